The van der Waals surface area contributed by atoms with Crippen molar-refractivity contribution in [2.75, 3.05) is 6.61 Å². The number of esters is 4. The van der Waals surface area contributed by atoms with Crippen LogP contribution in [-0.4, -0.2) is 73.8 Å². The molecule has 11 heteroatoms. The van der Waals surface area contributed by atoms with E-state index in [1.165, 1.54) is 27.7 Å². The average molecular weight is 524 g/mol. The molecule has 0 N–H and O–H groups in total. The molecule has 1 saturated heterocycles. The van der Waals surface area contributed by atoms with Crippen LogP contribution in [0.1, 0.15) is 54.4 Å². The van der Waals surface area contributed by atoms with E-state index in [4.69, 9.17) is 23.7 Å². The Bertz CT molecular complexity index is 624. The summed E-state index contributed by atoms with van der Waals surface area (Å²) in [6, 6.07) is 0. The quantitative estimate of drug-likeness (QED) is 0.227. The summed E-state index contributed by atoms with van der Waals surface area (Å²) in [6.45, 7) is 8.99. The van der Waals surface area contributed by atoms with E-state index in [0.29, 0.717) is 0 Å². The van der Waals surface area contributed by atoms with Gasteiger partial charge in [-0.15, -0.1) is 0 Å². The van der Waals surface area contributed by atoms with Crippen LogP contribution in [-0.2, 0) is 42.9 Å². The van der Waals surface area contributed by atoms with Crippen molar-refractivity contribution >= 4 is 47.4 Å². The fraction of sp³-hybridized carbons (Fsp3) is 0.800. The Balaban J connectivity index is 3.33. The van der Waals surface area contributed by atoms with E-state index >= 15 is 0 Å². The molecule has 5 atom stereocenters. The first-order valence-corrected chi connectivity index (χ1v) is 16.1. The second kappa shape index (κ2) is 14.0. The number of rotatable bonds is 11. The van der Waals surface area contributed by atoms with Gasteiger partial charge in [0.1, 0.15) is 0 Å². The predicted molar refractivity (Wildman–Crippen MR) is 115 cm³/mol. The van der Waals surface area contributed by atoms with Gasteiger partial charge in [-0.2, -0.15) is 0 Å². The van der Waals surface area contributed by atoms with Crippen LogP contribution in [0.5, 0.6) is 0 Å². The normalized spacial score (nSPS) is 25.6. The fourth-order valence-electron chi connectivity index (χ4n) is 3.14. The molecule has 5 unspecified atom stereocenters. The monoisotopic (exact) mass is 524 g/mol. The van der Waals surface area contributed by atoms with Crippen LogP contribution >= 0.6 is 10.0 Å². The molecule has 0 aromatic carbocycles. The fourth-order valence-corrected chi connectivity index (χ4v) is 12.9. The first kappa shape index (κ1) is 27.8. The number of hydrogen-bond acceptors (Lipinski definition) is 10. The summed E-state index contributed by atoms with van der Waals surface area (Å²) in [5.41, 5.74) is -0.640. The molecule has 0 aromatic heterocycles. The van der Waals surface area contributed by atoms with Gasteiger partial charge in [0.2, 0.25) is 0 Å². The van der Waals surface area contributed by atoms with Crippen molar-refractivity contribution in [3.05, 3.63) is 0 Å². The van der Waals surface area contributed by atoms with Crippen LogP contribution in [0.25, 0.3) is 0 Å². The molecule has 0 bridgehead atoms. The van der Waals surface area contributed by atoms with Crippen molar-refractivity contribution in [1.29, 1.82) is 0 Å². The first-order chi connectivity index (χ1) is 14.6. The van der Waals surface area contributed by atoms with Gasteiger partial charge in [-0.3, -0.25) is 0 Å². The van der Waals surface area contributed by atoms with E-state index in [2.05, 4.69) is 13.8 Å². The van der Waals surface area contributed by atoms with Crippen molar-refractivity contribution in [1.82, 2.24) is 0 Å². The van der Waals surface area contributed by atoms with Crippen LogP contribution in [0, 0.1) is 0 Å². The van der Waals surface area contributed by atoms with Gasteiger partial charge >= 0.3 is 192 Å². The summed E-state index contributed by atoms with van der Waals surface area (Å²) < 4.78 is 27.7. The number of hydrogen-bond donors (Lipinski definition) is 0. The van der Waals surface area contributed by atoms with E-state index in [1.807, 2.05) is 0 Å². The van der Waals surface area contributed by atoms with Gasteiger partial charge in [-0.1, -0.05) is 0 Å². The molecule has 0 spiro atoms. The molecule has 1 rings (SSSR count). The summed E-state index contributed by atoms with van der Waals surface area (Å²) in [5, 5.41) is 2.14. The third-order valence-electron chi connectivity index (χ3n) is 4.15. The van der Waals surface area contributed by atoms with Crippen LogP contribution in [0.4, 0.5) is 0 Å². The topological polar surface area (TPSA) is 114 Å². The van der Waals surface area contributed by atoms with Crippen molar-refractivity contribution < 1.29 is 42.9 Å². The van der Waals surface area contributed by atoms with Gasteiger partial charge in [0.15, 0.2) is 0 Å². The Morgan fingerprint density at radius 3 is 1.71 bits per heavy atom. The van der Waals surface area contributed by atoms with E-state index in [1.54, 1.807) is 10.0 Å². The zero-order valence-electron chi connectivity index (χ0n) is 19.0. The van der Waals surface area contributed by atoms with E-state index in [-0.39, 0.29) is 6.61 Å². The van der Waals surface area contributed by atoms with Crippen molar-refractivity contribution in [3.63, 3.8) is 0 Å². The molecule has 0 aliphatic carbocycles. The van der Waals surface area contributed by atoms with E-state index in [0.717, 1.165) is 23.3 Å². The SMILES string of the molecule is CCC[As](CCC)SC1OC(COC(C)=O)C(OC(C)=O)C(OC(C)=O)C1OC(C)=O. The zero-order valence-corrected chi connectivity index (χ0v) is 21.6. The Hall–Kier alpha value is -1.25. The molecule has 0 radical (unpaired) electrons. The maximum atomic E-state index is 11.9. The van der Waals surface area contributed by atoms with Gasteiger partial charge in [0, 0.05) is 0 Å². The summed E-state index contributed by atoms with van der Waals surface area (Å²) in [4.78, 5) is 46.8. The Morgan fingerprint density at radius 1 is 0.774 bits per heavy atom. The van der Waals surface area contributed by atoms with Crippen molar-refractivity contribution in [2.45, 2.75) is 94.7 Å². The van der Waals surface area contributed by atoms with Crippen molar-refractivity contribution in [3.8, 4) is 0 Å². The second-order valence-electron chi connectivity index (χ2n) is 7.10. The molecule has 1 aliphatic heterocycles. The molecule has 1 aliphatic rings. The molecule has 0 saturated carbocycles. The first-order valence-electron chi connectivity index (χ1n) is 10.3. The van der Waals surface area contributed by atoms with E-state index < -0.39 is 67.2 Å². The second-order valence-corrected chi connectivity index (χ2v) is 15.7. The third kappa shape index (κ3) is 9.83. The number of carbonyl (C=O) groups excluding carboxylic acids is 4. The summed E-state index contributed by atoms with van der Waals surface area (Å²) in [5.74, 6) is -2.34. The van der Waals surface area contributed by atoms with Gasteiger partial charge in [-0.25, -0.2) is 0 Å². The van der Waals surface area contributed by atoms with Crippen LogP contribution in [0.15, 0.2) is 0 Å². The van der Waals surface area contributed by atoms with E-state index in [9.17, 15) is 19.2 Å². The molecular formula is C20H33AsO9S. The summed E-state index contributed by atoms with van der Waals surface area (Å²) in [6.07, 6.45) is -1.97. The molecule has 0 amide bonds. The Kier molecular flexibility index (Phi) is 12.6. The van der Waals surface area contributed by atoms with Crippen molar-refractivity contribution in [2.24, 2.45) is 0 Å². The number of carbonyl (C=O) groups is 4. The standard InChI is InChI=1S/C20H33AsO9S/c1-7-9-21(10-8-2)31-20-19(29-15(6)25)18(28-14(5)24)17(27-13(4)23)16(30-20)11-26-12(3)22/h16-20H,7-11H2,1-6H3. The van der Waals surface area contributed by atoms with Crippen LogP contribution < -0.4 is 0 Å². The zero-order chi connectivity index (χ0) is 23.6. The Labute approximate surface area is 191 Å². The van der Waals surface area contributed by atoms with Crippen LogP contribution in [0.3, 0.4) is 0 Å². The van der Waals surface area contributed by atoms with Gasteiger partial charge in [0.25, 0.3) is 0 Å². The summed E-state index contributed by atoms with van der Waals surface area (Å²) in [7, 11) is 1.63. The molecule has 9 nitrogen and oxygen atoms in total. The van der Waals surface area contributed by atoms with Gasteiger partial charge in [0.05, 0.1) is 0 Å². The summed E-state index contributed by atoms with van der Waals surface area (Å²) >= 11 is -1.40. The maximum absolute atomic E-state index is 11.9. The average Bonchev–Trinajstić information content (AvgIpc) is 2.64. The third-order valence-corrected chi connectivity index (χ3v) is 14.1. The molecule has 0 aromatic rings. The molecule has 178 valence electrons. The minimum absolute atomic E-state index is 0.191. The predicted octanol–water partition coefficient (Wildman–Crippen LogP) is 2.61. The Morgan fingerprint density at radius 2 is 1.26 bits per heavy atom. The van der Waals surface area contributed by atoms with Gasteiger partial charge < -0.3 is 0 Å². The minimum atomic E-state index is -1.40. The van der Waals surface area contributed by atoms with Crippen LogP contribution in [0.2, 0.25) is 10.4 Å². The molecule has 1 heterocycles. The molecular weight excluding hydrogens is 491 g/mol. The molecule has 1 fully saturated rings. The number of ether oxygens (including phenoxy) is 5. The van der Waals surface area contributed by atoms with Gasteiger partial charge in [-0.05, 0) is 0 Å². The molecule has 31 heavy (non-hydrogen) atoms.